The number of pyridine rings is 1. The third-order valence-corrected chi connectivity index (χ3v) is 3.79. The van der Waals surface area contributed by atoms with Crippen molar-refractivity contribution in [2.24, 2.45) is 0 Å². The molecule has 19 heavy (non-hydrogen) atoms. The first-order chi connectivity index (χ1) is 8.93. The molecule has 0 saturated carbocycles. The fraction of sp³-hybridized carbons (Fsp3) is 0.571. The second kappa shape index (κ2) is 5.16. The Morgan fingerprint density at radius 3 is 2.63 bits per heavy atom. The molecule has 0 aliphatic carbocycles. The van der Waals surface area contributed by atoms with Gasteiger partial charge in [-0.05, 0) is 39.6 Å². The van der Waals surface area contributed by atoms with Crippen LogP contribution < -0.4 is 4.90 Å². The van der Waals surface area contributed by atoms with Crippen LogP contribution >= 0.6 is 0 Å². The van der Waals surface area contributed by atoms with E-state index < -0.39 is 6.10 Å². The molecule has 0 bridgehead atoms. The van der Waals surface area contributed by atoms with Crippen molar-refractivity contribution in [3.63, 3.8) is 0 Å². The minimum Gasteiger partial charge on any atom is -0.390 e. The van der Waals surface area contributed by atoms with Gasteiger partial charge >= 0.3 is 0 Å². The molecule has 2 heterocycles. The predicted octanol–water partition coefficient (Wildman–Crippen LogP) is 0.681. The maximum absolute atomic E-state index is 10.1. The van der Waals surface area contributed by atoms with Crippen molar-refractivity contribution in [1.29, 1.82) is 5.26 Å². The molecule has 0 aromatic carbocycles. The predicted molar refractivity (Wildman–Crippen MR) is 74.1 cm³/mol. The number of nitriles is 1. The molecular weight excluding hydrogens is 240 g/mol. The lowest BCUT2D eigenvalue weighted by atomic mass is 10.1. The number of β-amino-alcohol motifs (C(OH)–C–C–N with tert-alkyl or cyclic N) is 1. The number of aliphatic hydroxyl groups is 1. The van der Waals surface area contributed by atoms with Crippen molar-refractivity contribution in [1.82, 2.24) is 9.88 Å². The monoisotopic (exact) mass is 260 g/mol. The number of anilines is 1. The fourth-order valence-corrected chi connectivity index (χ4v) is 2.47. The Hall–Kier alpha value is -1.64. The maximum Gasteiger partial charge on any atom is 0.146 e. The molecule has 2 atom stereocenters. The van der Waals surface area contributed by atoms with E-state index in [2.05, 4.69) is 11.1 Å². The number of hydrogen-bond donors (Lipinski definition) is 1. The molecule has 1 aliphatic heterocycles. The van der Waals surface area contributed by atoms with E-state index >= 15 is 0 Å². The Bertz CT molecular complexity index is 521. The first-order valence-corrected chi connectivity index (χ1v) is 6.41. The fourth-order valence-electron chi connectivity index (χ4n) is 2.47. The number of aromatic nitrogens is 1. The summed E-state index contributed by atoms with van der Waals surface area (Å²) in [6.07, 6.45) is -0.412. The summed E-state index contributed by atoms with van der Waals surface area (Å²) in [7, 11) is 3.91. The van der Waals surface area contributed by atoms with Crippen LogP contribution in [0.15, 0.2) is 6.07 Å². The molecule has 5 heteroatoms. The summed E-state index contributed by atoms with van der Waals surface area (Å²) in [5.74, 6) is 0.689. The normalized spacial score (nSPS) is 22.9. The van der Waals surface area contributed by atoms with Crippen molar-refractivity contribution in [3.8, 4) is 6.07 Å². The molecule has 5 nitrogen and oxygen atoms in total. The first kappa shape index (κ1) is 13.8. The zero-order chi connectivity index (χ0) is 14.2. The summed E-state index contributed by atoms with van der Waals surface area (Å²) in [4.78, 5) is 8.54. The van der Waals surface area contributed by atoms with E-state index in [1.165, 1.54) is 0 Å². The quantitative estimate of drug-likeness (QED) is 0.847. The smallest absolute Gasteiger partial charge is 0.146 e. The third-order valence-electron chi connectivity index (χ3n) is 3.79. The average Bonchev–Trinajstić information content (AvgIpc) is 2.74. The highest BCUT2D eigenvalue weighted by Crippen LogP contribution is 2.25. The summed E-state index contributed by atoms with van der Waals surface area (Å²) in [6, 6.07) is 4.15. The lowest BCUT2D eigenvalue weighted by molar-refractivity contribution is 0.114. The largest absolute Gasteiger partial charge is 0.390 e. The van der Waals surface area contributed by atoms with Gasteiger partial charge in [-0.25, -0.2) is 4.98 Å². The van der Waals surface area contributed by atoms with Gasteiger partial charge in [0.25, 0.3) is 0 Å². The highest BCUT2D eigenvalue weighted by atomic mass is 16.3. The van der Waals surface area contributed by atoms with Gasteiger partial charge in [-0.15, -0.1) is 0 Å². The summed E-state index contributed by atoms with van der Waals surface area (Å²) in [6.45, 7) is 5.11. The number of rotatable bonds is 2. The topological polar surface area (TPSA) is 63.4 Å². The average molecular weight is 260 g/mol. The summed E-state index contributed by atoms with van der Waals surface area (Å²) in [5.41, 5.74) is 2.52. The van der Waals surface area contributed by atoms with Crippen LogP contribution in [0.5, 0.6) is 0 Å². The van der Waals surface area contributed by atoms with Crippen LogP contribution in [0.4, 0.5) is 5.82 Å². The molecule has 1 N–H and O–H groups in total. The van der Waals surface area contributed by atoms with Crippen molar-refractivity contribution < 1.29 is 5.11 Å². The second-order valence-electron chi connectivity index (χ2n) is 5.38. The SMILES string of the molecule is Cc1cc(C#N)c(N2C[C@H](O)[C@@H](N(C)C)C2)nc1C. The van der Waals surface area contributed by atoms with E-state index in [-0.39, 0.29) is 6.04 Å². The molecule has 0 radical (unpaired) electrons. The maximum atomic E-state index is 10.1. The van der Waals surface area contributed by atoms with Crippen molar-refractivity contribution in [3.05, 3.63) is 22.9 Å². The third kappa shape index (κ3) is 2.55. The Morgan fingerprint density at radius 1 is 1.42 bits per heavy atom. The molecule has 1 saturated heterocycles. The lowest BCUT2D eigenvalue weighted by Gasteiger charge is -2.22. The van der Waals surface area contributed by atoms with Crippen molar-refractivity contribution in [2.75, 3.05) is 32.1 Å². The van der Waals surface area contributed by atoms with Crippen LogP contribution in [-0.4, -0.2) is 54.3 Å². The van der Waals surface area contributed by atoms with E-state index in [4.69, 9.17) is 0 Å². The zero-order valence-electron chi connectivity index (χ0n) is 11.9. The Kier molecular flexibility index (Phi) is 3.74. The van der Waals surface area contributed by atoms with E-state index in [1.807, 2.05) is 43.8 Å². The molecular formula is C14H20N4O. The van der Waals surface area contributed by atoms with Crippen LogP contribution in [-0.2, 0) is 0 Å². The van der Waals surface area contributed by atoms with Crippen LogP contribution in [0.2, 0.25) is 0 Å². The van der Waals surface area contributed by atoms with E-state index in [1.54, 1.807) is 0 Å². The van der Waals surface area contributed by atoms with E-state index in [0.717, 1.165) is 11.3 Å². The van der Waals surface area contributed by atoms with Crippen LogP contribution in [0.25, 0.3) is 0 Å². The molecule has 0 unspecified atom stereocenters. The van der Waals surface area contributed by atoms with Gasteiger partial charge in [-0.3, -0.25) is 0 Å². The number of likely N-dealkylation sites (N-methyl/N-ethyl adjacent to an activating group) is 1. The molecule has 1 aliphatic rings. The molecule has 0 amide bonds. The molecule has 1 aromatic rings. The second-order valence-corrected chi connectivity index (χ2v) is 5.38. The van der Waals surface area contributed by atoms with Gasteiger partial charge in [0.15, 0.2) is 0 Å². The standard InChI is InChI=1S/C14H20N4O/c1-9-5-11(6-15)14(16-10(9)2)18-7-12(17(3)4)13(19)8-18/h5,12-13,19H,7-8H2,1-4H3/t12-,13-/m0/s1. The van der Waals surface area contributed by atoms with Gasteiger partial charge < -0.3 is 14.9 Å². The van der Waals surface area contributed by atoms with Gasteiger partial charge in [0.1, 0.15) is 11.9 Å². The van der Waals surface area contributed by atoms with E-state index in [0.29, 0.717) is 24.5 Å². The molecule has 0 spiro atoms. The van der Waals surface area contributed by atoms with Gasteiger partial charge in [0.2, 0.25) is 0 Å². The zero-order valence-corrected chi connectivity index (χ0v) is 11.9. The highest BCUT2D eigenvalue weighted by molar-refractivity contribution is 5.57. The van der Waals surface area contributed by atoms with Gasteiger partial charge in [-0.1, -0.05) is 0 Å². The van der Waals surface area contributed by atoms with E-state index in [9.17, 15) is 10.4 Å². The molecule has 2 rings (SSSR count). The minimum atomic E-state index is -0.412. The lowest BCUT2D eigenvalue weighted by Crippen LogP contribution is -2.38. The summed E-state index contributed by atoms with van der Waals surface area (Å²) in [5, 5.41) is 19.3. The first-order valence-electron chi connectivity index (χ1n) is 6.41. The minimum absolute atomic E-state index is 0.0787. The highest BCUT2D eigenvalue weighted by Gasteiger charge is 2.34. The van der Waals surface area contributed by atoms with Gasteiger partial charge in [0, 0.05) is 18.8 Å². The number of aliphatic hydroxyl groups excluding tert-OH is 1. The summed E-state index contributed by atoms with van der Waals surface area (Å²) >= 11 is 0. The Morgan fingerprint density at radius 2 is 2.11 bits per heavy atom. The number of nitrogens with zero attached hydrogens (tertiary/aromatic N) is 4. The van der Waals surface area contributed by atoms with Crippen molar-refractivity contribution in [2.45, 2.75) is 26.0 Å². The van der Waals surface area contributed by atoms with Gasteiger partial charge in [0.05, 0.1) is 17.7 Å². The Labute approximate surface area is 114 Å². The number of hydrogen-bond acceptors (Lipinski definition) is 5. The van der Waals surface area contributed by atoms with Crippen LogP contribution in [0.1, 0.15) is 16.8 Å². The molecule has 1 aromatic heterocycles. The molecule has 102 valence electrons. The Balaban J connectivity index is 2.34. The van der Waals surface area contributed by atoms with Crippen molar-refractivity contribution >= 4 is 5.82 Å². The number of aryl methyl sites for hydroxylation is 2. The van der Waals surface area contributed by atoms with Gasteiger partial charge in [-0.2, -0.15) is 5.26 Å². The van der Waals surface area contributed by atoms with Crippen LogP contribution in [0.3, 0.4) is 0 Å². The van der Waals surface area contributed by atoms with Crippen LogP contribution in [0, 0.1) is 25.2 Å². The molecule has 1 fully saturated rings. The summed E-state index contributed by atoms with van der Waals surface area (Å²) < 4.78 is 0.